The number of benzene rings is 1. The van der Waals surface area contributed by atoms with E-state index in [1.807, 2.05) is 0 Å². The normalized spacial score (nSPS) is 35.8. The van der Waals surface area contributed by atoms with Crippen LogP contribution in [-0.4, -0.2) is 31.4 Å². The summed E-state index contributed by atoms with van der Waals surface area (Å²) in [5.41, 5.74) is 7.09. The monoisotopic (exact) mass is 328 g/mol. The number of hydrogen-bond donors (Lipinski definition) is 1. The van der Waals surface area contributed by atoms with E-state index in [-0.39, 0.29) is 5.72 Å². The highest BCUT2D eigenvalue weighted by molar-refractivity contribution is 5.62. The lowest BCUT2D eigenvalue weighted by Crippen LogP contribution is -2.58. The van der Waals surface area contributed by atoms with Crippen molar-refractivity contribution in [1.29, 1.82) is 0 Å². The molecule has 1 N–H and O–H groups in total. The molecule has 0 aromatic heterocycles. The fraction of sp³-hybridized carbons (Fsp3) is 0.684. The minimum absolute atomic E-state index is 0.145. The molecule has 0 amide bonds. The van der Waals surface area contributed by atoms with Crippen molar-refractivity contribution >= 4 is 11.4 Å². The molecule has 6 rings (SSSR count). The lowest BCUT2D eigenvalue weighted by molar-refractivity contribution is -0.193. The van der Waals surface area contributed by atoms with Crippen LogP contribution >= 0.6 is 0 Å². The van der Waals surface area contributed by atoms with Gasteiger partial charge in [0.15, 0.2) is 5.72 Å². The lowest BCUT2D eigenvalue weighted by atomic mass is 9.65. The van der Waals surface area contributed by atoms with E-state index in [2.05, 4.69) is 52.9 Å². The van der Waals surface area contributed by atoms with Gasteiger partial charge in [-0.05, 0) is 74.6 Å². The Morgan fingerprint density at radius 2 is 2.00 bits per heavy atom. The van der Waals surface area contributed by atoms with Gasteiger partial charge < -0.3 is 4.90 Å². The molecule has 1 spiro atoms. The summed E-state index contributed by atoms with van der Waals surface area (Å²) in [6.45, 7) is 1.16. The molecule has 5 nitrogen and oxygen atoms in total. The van der Waals surface area contributed by atoms with Crippen molar-refractivity contribution in [2.75, 3.05) is 30.7 Å². The Hall–Kier alpha value is -1.30. The second kappa shape index (κ2) is 5.35. The van der Waals surface area contributed by atoms with Crippen molar-refractivity contribution < 1.29 is 4.84 Å². The summed E-state index contributed by atoms with van der Waals surface area (Å²) in [6.07, 6.45) is 8.94. The Kier molecular flexibility index (Phi) is 3.34. The maximum absolute atomic E-state index is 6.25. The predicted octanol–water partition coefficient (Wildman–Crippen LogP) is 3.08. The summed E-state index contributed by atoms with van der Waals surface area (Å²) in [4.78, 5) is 8.61. The first-order valence-electron chi connectivity index (χ1n) is 9.49. The summed E-state index contributed by atoms with van der Waals surface area (Å²) in [6, 6.07) is 6.81. The number of hydrogen-bond acceptors (Lipinski definition) is 5. The molecule has 4 fully saturated rings. The molecule has 3 saturated carbocycles. The van der Waals surface area contributed by atoms with Crippen molar-refractivity contribution in [2.24, 2.45) is 11.8 Å². The first kappa shape index (κ1) is 15.0. The van der Waals surface area contributed by atoms with Crippen LogP contribution in [0.5, 0.6) is 0 Å². The topological polar surface area (TPSA) is 31.0 Å². The van der Waals surface area contributed by atoms with Gasteiger partial charge in [-0.3, -0.25) is 4.84 Å². The van der Waals surface area contributed by atoms with Gasteiger partial charge in [0.1, 0.15) is 0 Å². The third-order valence-corrected chi connectivity index (χ3v) is 6.88. The minimum atomic E-state index is -0.145. The van der Waals surface area contributed by atoms with E-state index < -0.39 is 0 Å². The number of hydrazine groups is 2. The molecule has 0 unspecified atom stereocenters. The van der Waals surface area contributed by atoms with Crippen molar-refractivity contribution in [3.8, 4) is 0 Å². The zero-order valence-electron chi connectivity index (χ0n) is 14.8. The molecule has 5 heteroatoms. The Bertz CT molecular complexity index is 642. The first-order chi connectivity index (χ1) is 11.7. The van der Waals surface area contributed by atoms with Gasteiger partial charge in [0.25, 0.3) is 0 Å². The number of nitrogens with zero attached hydrogens (tertiary/aromatic N) is 3. The molecule has 0 radical (unpaired) electrons. The van der Waals surface area contributed by atoms with Gasteiger partial charge in [0.2, 0.25) is 0 Å². The number of fused-ring (bicyclic) bond motifs is 3. The zero-order valence-corrected chi connectivity index (χ0v) is 14.8. The molecular weight excluding hydrogens is 300 g/mol. The fourth-order valence-corrected chi connectivity index (χ4v) is 5.47. The van der Waals surface area contributed by atoms with Gasteiger partial charge in [0.05, 0.1) is 5.69 Å². The summed E-state index contributed by atoms with van der Waals surface area (Å²) in [5, 5.41) is 4.45. The van der Waals surface area contributed by atoms with E-state index >= 15 is 0 Å². The largest absolute Gasteiger partial charge is 0.374 e. The molecule has 2 aliphatic heterocycles. The van der Waals surface area contributed by atoms with Crippen LogP contribution in [0.2, 0.25) is 0 Å². The fourth-order valence-electron chi connectivity index (χ4n) is 5.47. The van der Waals surface area contributed by atoms with Crippen molar-refractivity contribution in [3.63, 3.8) is 0 Å². The molecule has 1 aromatic carbocycles. The van der Waals surface area contributed by atoms with Crippen LogP contribution in [0.3, 0.4) is 0 Å². The number of rotatable bonds is 1. The highest BCUT2D eigenvalue weighted by Crippen LogP contribution is 2.52. The molecule has 5 aliphatic rings. The first-order valence-corrected chi connectivity index (χ1v) is 9.49. The van der Waals surface area contributed by atoms with Crippen molar-refractivity contribution in [1.82, 2.24) is 10.6 Å². The van der Waals surface area contributed by atoms with Gasteiger partial charge in [-0.2, -0.15) is 5.01 Å². The highest BCUT2D eigenvalue weighted by atomic mass is 16.8. The van der Waals surface area contributed by atoms with Gasteiger partial charge in [-0.25, -0.2) is 5.12 Å². The van der Waals surface area contributed by atoms with Crippen LogP contribution in [0.15, 0.2) is 18.2 Å². The average Bonchev–Trinajstić information content (AvgIpc) is 2.92. The molecule has 3 aliphatic carbocycles. The van der Waals surface area contributed by atoms with Crippen LogP contribution in [0.4, 0.5) is 11.4 Å². The smallest absolute Gasteiger partial charge is 0.165 e. The Labute approximate surface area is 144 Å². The molecule has 130 valence electrons. The standard InChI is InChI=1S/C19H28N4O/c1-21-11-3-4-15-12-17(9-10-18(15)21)23-20-24-19(22(23)2)13-14-5-7-16(19)8-6-14/h9-10,12,14,16,20H,3-8,11,13H2,1-2H3/t14?,16?,19-/m1/s1. The van der Waals surface area contributed by atoms with Crippen LogP contribution < -0.4 is 15.6 Å². The molecule has 24 heavy (non-hydrogen) atoms. The summed E-state index contributed by atoms with van der Waals surface area (Å²) in [5.74, 6) is 1.48. The van der Waals surface area contributed by atoms with Gasteiger partial charge in [-0.15, -0.1) is 0 Å². The van der Waals surface area contributed by atoms with Gasteiger partial charge >= 0.3 is 0 Å². The Balaban J connectivity index is 1.44. The van der Waals surface area contributed by atoms with Crippen LogP contribution in [0, 0.1) is 11.8 Å². The number of nitrogens with one attached hydrogen (secondary N) is 1. The van der Waals surface area contributed by atoms with E-state index in [1.54, 1.807) is 0 Å². The van der Waals surface area contributed by atoms with Crippen LogP contribution in [0.25, 0.3) is 0 Å². The lowest BCUT2D eigenvalue weighted by Gasteiger charge is -2.50. The Morgan fingerprint density at radius 3 is 2.75 bits per heavy atom. The summed E-state index contributed by atoms with van der Waals surface area (Å²) in [7, 11) is 4.38. The third kappa shape index (κ3) is 2.04. The van der Waals surface area contributed by atoms with Crippen molar-refractivity contribution in [2.45, 2.75) is 50.7 Å². The van der Waals surface area contributed by atoms with E-state index in [9.17, 15) is 0 Å². The predicted molar refractivity (Wildman–Crippen MR) is 95.3 cm³/mol. The van der Waals surface area contributed by atoms with E-state index in [0.29, 0.717) is 5.92 Å². The van der Waals surface area contributed by atoms with E-state index in [1.165, 1.54) is 55.5 Å². The average molecular weight is 328 g/mol. The number of anilines is 2. The van der Waals surface area contributed by atoms with Gasteiger partial charge in [0, 0.05) is 32.2 Å². The summed E-state index contributed by atoms with van der Waals surface area (Å²) < 4.78 is 0. The highest BCUT2D eigenvalue weighted by Gasteiger charge is 2.56. The van der Waals surface area contributed by atoms with Crippen LogP contribution in [0.1, 0.15) is 44.1 Å². The molecule has 1 aromatic rings. The maximum Gasteiger partial charge on any atom is 0.165 e. The van der Waals surface area contributed by atoms with Crippen LogP contribution in [-0.2, 0) is 11.3 Å². The maximum atomic E-state index is 6.25. The molecule has 1 saturated heterocycles. The second-order valence-corrected chi connectivity index (χ2v) is 8.13. The van der Waals surface area contributed by atoms with E-state index in [4.69, 9.17) is 4.84 Å². The third-order valence-electron chi connectivity index (χ3n) is 6.88. The van der Waals surface area contributed by atoms with E-state index in [0.717, 1.165) is 18.9 Å². The molecule has 2 bridgehead atoms. The SMILES string of the molecule is CN1CCCc2cc(N3NO[C@@]4(CC5CCC4CC5)N3C)ccc21. The Morgan fingerprint density at radius 1 is 1.17 bits per heavy atom. The van der Waals surface area contributed by atoms with Crippen molar-refractivity contribution in [3.05, 3.63) is 23.8 Å². The second-order valence-electron chi connectivity index (χ2n) is 8.13. The molecule has 2 heterocycles. The molecular formula is C19H28N4O. The zero-order chi connectivity index (χ0) is 16.3. The summed E-state index contributed by atoms with van der Waals surface area (Å²) >= 11 is 0. The minimum Gasteiger partial charge on any atom is -0.374 e. The molecule has 1 atom stereocenters. The number of aryl methyl sites for hydroxylation is 1. The van der Waals surface area contributed by atoms with Gasteiger partial charge in [-0.1, -0.05) is 5.59 Å². The quantitative estimate of drug-likeness (QED) is 0.856.